The van der Waals surface area contributed by atoms with Crippen molar-refractivity contribution >= 4 is 11.6 Å². The lowest BCUT2D eigenvalue weighted by Gasteiger charge is -2.66. The molecule has 0 spiro atoms. The molecule has 0 saturated heterocycles. The van der Waals surface area contributed by atoms with E-state index in [0.29, 0.717) is 19.3 Å². The first-order chi connectivity index (χ1) is 8.35. The molecule has 96 valence electrons. The minimum atomic E-state index is -0.515. The first kappa shape index (κ1) is 11.7. The Bertz CT molecular complexity index is 516. The lowest BCUT2D eigenvalue weighted by atomic mass is 9.41. The largest absolute Gasteiger partial charge is 0.390 e. The normalized spacial score (nSPS) is 32.4. The Balaban J connectivity index is 1.82. The van der Waals surface area contributed by atoms with Crippen LogP contribution in [0.3, 0.4) is 0 Å². The molecule has 0 aliphatic heterocycles. The number of anilines is 1. The van der Waals surface area contributed by atoms with Gasteiger partial charge in [-0.3, -0.25) is 4.79 Å². The van der Waals surface area contributed by atoms with Gasteiger partial charge in [0.25, 0.3) is 0 Å². The predicted octanol–water partition coefficient (Wildman–Crippen LogP) is 2.18. The molecule has 3 nitrogen and oxygen atoms in total. The number of amides is 1. The summed E-state index contributed by atoms with van der Waals surface area (Å²) in [7, 11) is 1.84. The minimum Gasteiger partial charge on any atom is -0.390 e. The van der Waals surface area contributed by atoms with Crippen molar-refractivity contribution in [1.82, 2.24) is 0 Å². The Kier molecular flexibility index (Phi) is 2.18. The van der Waals surface area contributed by atoms with E-state index in [1.54, 1.807) is 4.90 Å². The first-order valence-electron chi connectivity index (χ1n) is 6.43. The second-order valence-corrected chi connectivity index (χ2v) is 6.19. The van der Waals surface area contributed by atoms with Crippen LogP contribution in [-0.4, -0.2) is 23.7 Å². The molecule has 3 aliphatic carbocycles. The maximum absolute atomic E-state index is 12.5. The Morgan fingerprint density at radius 3 is 2.39 bits per heavy atom. The molecule has 0 aromatic heterocycles. The number of aryl methyl sites for hydroxylation is 2. The zero-order chi connectivity index (χ0) is 13.1. The monoisotopic (exact) mass is 245 g/mol. The molecule has 0 atom stereocenters. The highest BCUT2D eigenvalue weighted by Gasteiger charge is 2.71. The fourth-order valence-corrected chi connectivity index (χ4v) is 3.61. The van der Waals surface area contributed by atoms with Crippen molar-refractivity contribution in [3.8, 4) is 0 Å². The van der Waals surface area contributed by atoms with Gasteiger partial charge in [-0.15, -0.1) is 0 Å². The van der Waals surface area contributed by atoms with Crippen molar-refractivity contribution in [3.05, 3.63) is 29.3 Å². The summed E-state index contributed by atoms with van der Waals surface area (Å²) in [4.78, 5) is 14.2. The smallest absolute Gasteiger partial charge is 0.233 e. The van der Waals surface area contributed by atoms with Crippen molar-refractivity contribution in [2.75, 3.05) is 11.9 Å². The summed E-state index contributed by atoms with van der Waals surface area (Å²) >= 11 is 0. The van der Waals surface area contributed by atoms with Crippen LogP contribution in [0.2, 0.25) is 0 Å². The third-order valence-electron chi connectivity index (χ3n) is 4.47. The van der Waals surface area contributed by atoms with Gasteiger partial charge in [-0.2, -0.15) is 0 Å². The lowest BCUT2D eigenvalue weighted by Crippen LogP contribution is -2.72. The molecule has 1 aromatic carbocycles. The molecule has 1 aromatic rings. The molecular formula is C15H19NO2. The molecule has 0 radical (unpaired) electrons. The van der Waals surface area contributed by atoms with Crippen LogP contribution in [-0.2, 0) is 4.79 Å². The van der Waals surface area contributed by atoms with Crippen LogP contribution in [0.1, 0.15) is 30.4 Å². The number of carbonyl (C=O) groups excluding carboxylic acids is 1. The summed E-state index contributed by atoms with van der Waals surface area (Å²) in [5, 5.41) is 9.77. The van der Waals surface area contributed by atoms with Gasteiger partial charge in [-0.05, 0) is 44.7 Å². The van der Waals surface area contributed by atoms with Crippen LogP contribution < -0.4 is 4.90 Å². The SMILES string of the molecule is Cc1ccc(N(C)C(=O)C23CC(O)(C2)C3)c(C)c1. The van der Waals surface area contributed by atoms with E-state index in [4.69, 9.17) is 0 Å². The third-order valence-corrected chi connectivity index (χ3v) is 4.47. The number of carbonyl (C=O) groups is 1. The van der Waals surface area contributed by atoms with Crippen molar-refractivity contribution in [1.29, 1.82) is 0 Å². The van der Waals surface area contributed by atoms with Crippen molar-refractivity contribution in [2.24, 2.45) is 5.41 Å². The van der Waals surface area contributed by atoms with Gasteiger partial charge in [0.15, 0.2) is 0 Å². The average Bonchev–Trinajstić information content (AvgIpc) is 2.22. The predicted molar refractivity (Wildman–Crippen MR) is 70.6 cm³/mol. The summed E-state index contributed by atoms with van der Waals surface area (Å²) in [5.74, 6) is 0.158. The number of rotatable bonds is 2. The average molecular weight is 245 g/mol. The van der Waals surface area contributed by atoms with E-state index in [-0.39, 0.29) is 11.3 Å². The van der Waals surface area contributed by atoms with E-state index in [1.165, 1.54) is 5.56 Å². The van der Waals surface area contributed by atoms with Crippen LogP contribution in [0.25, 0.3) is 0 Å². The van der Waals surface area contributed by atoms with Gasteiger partial charge < -0.3 is 10.0 Å². The second kappa shape index (κ2) is 3.35. The van der Waals surface area contributed by atoms with Gasteiger partial charge in [-0.1, -0.05) is 17.7 Å². The number of nitrogens with zero attached hydrogens (tertiary/aromatic N) is 1. The third kappa shape index (κ3) is 1.43. The molecule has 0 unspecified atom stereocenters. The Hall–Kier alpha value is -1.35. The van der Waals surface area contributed by atoms with Gasteiger partial charge in [0, 0.05) is 12.7 Å². The number of benzene rings is 1. The van der Waals surface area contributed by atoms with Gasteiger partial charge >= 0.3 is 0 Å². The molecular weight excluding hydrogens is 226 g/mol. The lowest BCUT2D eigenvalue weighted by molar-refractivity contribution is -0.248. The maximum atomic E-state index is 12.5. The number of aliphatic hydroxyl groups is 1. The van der Waals surface area contributed by atoms with Gasteiger partial charge in [0.05, 0.1) is 11.0 Å². The molecule has 3 saturated carbocycles. The summed E-state index contributed by atoms with van der Waals surface area (Å²) in [6.07, 6.45) is 1.94. The van der Waals surface area contributed by atoms with Crippen LogP contribution in [0.4, 0.5) is 5.69 Å². The topological polar surface area (TPSA) is 40.5 Å². The fraction of sp³-hybridized carbons (Fsp3) is 0.533. The quantitative estimate of drug-likeness (QED) is 0.867. The van der Waals surface area contributed by atoms with E-state index < -0.39 is 5.60 Å². The number of hydrogen-bond acceptors (Lipinski definition) is 2. The van der Waals surface area contributed by atoms with Gasteiger partial charge in [0.1, 0.15) is 0 Å². The molecule has 18 heavy (non-hydrogen) atoms. The van der Waals surface area contributed by atoms with Crippen LogP contribution in [0.15, 0.2) is 18.2 Å². The highest BCUT2D eigenvalue weighted by Crippen LogP contribution is 2.67. The molecule has 4 rings (SSSR count). The summed E-state index contributed by atoms with van der Waals surface area (Å²) < 4.78 is 0. The second-order valence-electron chi connectivity index (χ2n) is 6.19. The van der Waals surface area contributed by atoms with E-state index in [0.717, 1.165) is 11.3 Å². The Labute approximate surface area is 107 Å². The standard InChI is InChI=1S/C15H19NO2/c1-10-4-5-12(11(2)6-10)16(3)13(17)14-7-15(18,8-14)9-14/h4-6,18H,7-9H2,1-3H3. The highest BCUT2D eigenvalue weighted by molar-refractivity contribution is 6.00. The van der Waals surface area contributed by atoms with Crippen LogP contribution in [0, 0.1) is 19.3 Å². The van der Waals surface area contributed by atoms with E-state index in [9.17, 15) is 9.90 Å². The Morgan fingerprint density at radius 2 is 1.89 bits per heavy atom. The summed E-state index contributed by atoms with van der Waals surface area (Å²) in [6, 6.07) is 6.12. The molecule has 1 amide bonds. The molecule has 3 fully saturated rings. The zero-order valence-electron chi connectivity index (χ0n) is 11.2. The number of hydrogen-bond donors (Lipinski definition) is 1. The van der Waals surface area contributed by atoms with Crippen molar-refractivity contribution in [2.45, 2.75) is 38.7 Å². The van der Waals surface area contributed by atoms with Gasteiger partial charge in [-0.25, -0.2) is 0 Å². The van der Waals surface area contributed by atoms with E-state index >= 15 is 0 Å². The summed E-state index contributed by atoms with van der Waals surface area (Å²) in [6.45, 7) is 4.08. The van der Waals surface area contributed by atoms with Gasteiger partial charge in [0.2, 0.25) is 5.91 Å². The van der Waals surface area contributed by atoms with Crippen LogP contribution in [0.5, 0.6) is 0 Å². The fourth-order valence-electron chi connectivity index (χ4n) is 3.61. The maximum Gasteiger partial charge on any atom is 0.233 e. The van der Waals surface area contributed by atoms with Crippen LogP contribution >= 0.6 is 0 Å². The minimum absolute atomic E-state index is 0.158. The molecule has 3 heteroatoms. The Morgan fingerprint density at radius 1 is 1.28 bits per heavy atom. The first-order valence-corrected chi connectivity index (χ1v) is 6.43. The summed E-state index contributed by atoms with van der Waals surface area (Å²) in [5.41, 5.74) is 2.52. The molecule has 1 N–H and O–H groups in total. The highest BCUT2D eigenvalue weighted by atomic mass is 16.3. The molecule has 2 bridgehead atoms. The molecule has 3 aliphatic rings. The zero-order valence-corrected chi connectivity index (χ0v) is 11.2. The van der Waals surface area contributed by atoms with Crippen molar-refractivity contribution < 1.29 is 9.90 Å². The van der Waals surface area contributed by atoms with Crippen molar-refractivity contribution in [3.63, 3.8) is 0 Å². The molecule has 0 heterocycles. The van der Waals surface area contributed by atoms with E-state index in [1.807, 2.05) is 26.1 Å². The van der Waals surface area contributed by atoms with E-state index in [2.05, 4.69) is 13.0 Å².